The van der Waals surface area contributed by atoms with Crippen molar-refractivity contribution in [3.05, 3.63) is 69.8 Å². The van der Waals surface area contributed by atoms with Crippen LogP contribution in [0.2, 0.25) is 0 Å². The van der Waals surface area contributed by atoms with Crippen LogP contribution in [0, 0.1) is 32.4 Å². The van der Waals surface area contributed by atoms with Crippen molar-refractivity contribution in [2.45, 2.75) is 27.2 Å². The molecule has 2 rings (SSSR count). The molecule has 0 aliphatic heterocycles. The molecule has 0 saturated heterocycles. The fourth-order valence-electron chi connectivity index (χ4n) is 2.60. The van der Waals surface area contributed by atoms with Crippen molar-refractivity contribution in [1.82, 2.24) is 5.32 Å². The van der Waals surface area contributed by atoms with Gasteiger partial charge in [0, 0.05) is 18.2 Å². The fourth-order valence-corrected chi connectivity index (χ4v) is 2.60. The number of carbonyl (C=O) groups excluding carboxylic acids is 3. The van der Waals surface area contributed by atoms with Gasteiger partial charge in [-0.05, 0) is 55.7 Å². The third-order valence-corrected chi connectivity index (χ3v) is 4.30. The Labute approximate surface area is 161 Å². The Bertz CT molecular complexity index is 925. The van der Waals surface area contributed by atoms with Crippen molar-refractivity contribution in [3.8, 4) is 0 Å². The van der Waals surface area contributed by atoms with Crippen molar-refractivity contribution in [2.75, 3.05) is 13.2 Å². The topological polar surface area (TPSA) is 72.5 Å². The lowest BCUT2D eigenvalue weighted by molar-refractivity contribution is -0.142. The summed E-state index contributed by atoms with van der Waals surface area (Å²) in [5, 5.41) is 2.35. The molecule has 0 heterocycles. The number of Topliss-reactive ketones (excluding diaryl/α,β-unsaturated/α-hetero) is 1. The van der Waals surface area contributed by atoms with E-state index in [4.69, 9.17) is 4.74 Å². The highest BCUT2D eigenvalue weighted by molar-refractivity contribution is 5.99. The minimum absolute atomic E-state index is 0.106. The molecule has 0 aromatic heterocycles. The highest BCUT2D eigenvalue weighted by Crippen LogP contribution is 2.16. The first-order valence-corrected chi connectivity index (χ1v) is 8.69. The Morgan fingerprint density at radius 1 is 0.929 bits per heavy atom. The monoisotopic (exact) mass is 389 g/mol. The van der Waals surface area contributed by atoms with Gasteiger partial charge in [-0.2, -0.15) is 0 Å². The number of hydrogen-bond acceptors (Lipinski definition) is 4. The fraction of sp³-hybridized carbons (Fsp3) is 0.286. The Morgan fingerprint density at radius 2 is 1.61 bits per heavy atom. The average Bonchev–Trinajstić information content (AvgIpc) is 2.62. The van der Waals surface area contributed by atoms with Crippen LogP contribution in [0.15, 0.2) is 30.3 Å². The molecule has 0 unspecified atom stereocenters. The highest BCUT2D eigenvalue weighted by atomic mass is 19.1. The number of hydrogen-bond donors (Lipinski definition) is 1. The molecular weight excluding hydrogens is 368 g/mol. The zero-order valence-corrected chi connectivity index (χ0v) is 15.9. The molecule has 0 aliphatic carbocycles. The predicted octanol–water partition coefficient (Wildman–Crippen LogP) is 3.44. The van der Waals surface area contributed by atoms with E-state index in [1.807, 2.05) is 26.8 Å². The number of amides is 1. The molecule has 0 atom stereocenters. The first-order chi connectivity index (χ1) is 13.2. The predicted molar refractivity (Wildman–Crippen MR) is 99.3 cm³/mol. The van der Waals surface area contributed by atoms with Gasteiger partial charge in [0.2, 0.25) is 5.78 Å². The number of benzene rings is 2. The van der Waals surface area contributed by atoms with E-state index in [0.717, 1.165) is 28.8 Å². The quantitative estimate of drug-likeness (QED) is 0.582. The van der Waals surface area contributed by atoms with Crippen molar-refractivity contribution < 1.29 is 27.9 Å². The average molecular weight is 389 g/mol. The van der Waals surface area contributed by atoms with Crippen molar-refractivity contribution in [1.29, 1.82) is 0 Å². The van der Waals surface area contributed by atoms with Crippen LogP contribution in [0.4, 0.5) is 8.78 Å². The Kier molecular flexibility index (Phi) is 6.98. The molecule has 0 saturated carbocycles. The molecule has 1 N–H and O–H groups in total. The minimum Gasteiger partial charge on any atom is -0.457 e. The van der Waals surface area contributed by atoms with Crippen LogP contribution in [-0.4, -0.2) is 30.8 Å². The molecule has 0 spiro atoms. The smallest absolute Gasteiger partial charge is 0.308 e. The van der Waals surface area contributed by atoms with Gasteiger partial charge in [-0.3, -0.25) is 14.4 Å². The van der Waals surface area contributed by atoms with Gasteiger partial charge in [-0.15, -0.1) is 0 Å². The number of nitrogens with one attached hydrogen (secondary N) is 1. The third-order valence-electron chi connectivity index (χ3n) is 4.30. The molecular formula is C21H21F2NO4. The SMILES string of the molecule is Cc1cc(C)c(C(=O)COC(=O)CCNC(=O)c2ccc(F)cc2F)cc1C. The number of aryl methyl sites for hydroxylation is 3. The molecule has 0 radical (unpaired) electrons. The van der Waals surface area contributed by atoms with Gasteiger partial charge >= 0.3 is 5.97 Å². The molecule has 0 bridgehead atoms. The van der Waals surface area contributed by atoms with Crippen LogP contribution < -0.4 is 5.32 Å². The molecule has 0 aliphatic rings. The summed E-state index contributed by atoms with van der Waals surface area (Å²) in [6.07, 6.45) is -0.187. The normalized spacial score (nSPS) is 10.5. The number of ketones is 1. The van der Waals surface area contributed by atoms with Gasteiger partial charge in [-0.1, -0.05) is 6.07 Å². The lowest BCUT2D eigenvalue weighted by Crippen LogP contribution is -2.27. The van der Waals surface area contributed by atoms with E-state index in [9.17, 15) is 23.2 Å². The second-order valence-corrected chi connectivity index (χ2v) is 6.47. The summed E-state index contributed by atoms with van der Waals surface area (Å²) in [5.41, 5.74) is 3.01. The van der Waals surface area contributed by atoms with Crippen LogP contribution >= 0.6 is 0 Å². The highest BCUT2D eigenvalue weighted by Gasteiger charge is 2.15. The molecule has 5 nitrogen and oxygen atoms in total. The maximum Gasteiger partial charge on any atom is 0.308 e. The van der Waals surface area contributed by atoms with Crippen LogP contribution in [0.25, 0.3) is 0 Å². The molecule has 28 heavy (non-hydrogen) atoms. The number of esters is 1. The van der Waals surface area contributed by atoms with E-state index < -0.39 is 30.1 Å². The number of halogens is 2. The first-order valence-electron chi connectivity index (χ1n) is 8.69. The summed E-state index contributed by atoms with van der Waals surface area (Å²) in [4.78, 5) is 35.8. The van der Waals surface area contributed by atoms with Gasteiger partial charge in [0.15, 0.2) is 6.61 Å². The summed E-state index contributed by atoms with van der Waals surface area (Å²) in [5.74, 6) is -3.54. The second kappa shape index (κ2) is 9.21. The van der Waals surface area contributed by atoms with E-state index in [0.29, 0.717) is 11.6 Å². The first kappa shape index (κ1) is 21.2. The molecule has 1 amide bonds. The molecule has 2 aromatic rings. The lowest BCUT2D eigenvalue weighted by atomic mass is 9.98. The summed E-state index contributed by atoms with van der Waals surface area (Å²) in [7, 11) is 0. The Balaban J connectivity index is 1.80. The van der Waals surface area contributed by atoms with E-state index in [1.165, 1.54) is 0 Å². The summed E-state index contributed by atoms with van der Waals surface area (Å²) < 4.78 is 31.3. The molecule has 2 aromatic carbocycles. The zero-order valence-electron chi connectivity index (χ0n) is 15.9. The summed E-state index contributed by atoms with van der Waals surface area (Å²) in [6, 6.07) is 6.24. The summed E-state index contributed by atoms with van der Waals surface area (Å²) >= 11 is 0. The third kappa shape index (κ3) is 5.45. The number of rotatable bonds is 7. The van der Waals surface area contributed by atoms with Gasteiger partial charge in [0.1, 0.15) is 11.6 Å². The lowest BCUT2D eigenvalue weighted by Gasteiger charge is -2.10. The molecule has 0 fully saturated rings. The van der Waals surface area contributed by atoms with E-state index in [-0.39, 0.29) is 24.3 Å². The van der Waals surface area contributed by atoms with Crippen LogP contribution in [0.1, 0.15) is 43.8 Å². The van der Waals surface area contributed by atoms with Gasteiger partial charge in [0.25, 0.3) is 5.91 Å². The maximum absolute atomic E-state index is 13.5. The van der Waals surface area contributed by atoms with E-state index in [1.54, 1.807) is 6.07 Å². The van der Waals surface area contributed by atoms with Crippen LogP contribution in [-0.2, 0) is 9.53 Å². The molecule has 7 heteroatoms. The van der Waals surface area contributed by atoms with Crippen LogP contribution in [0.3, 0.4) is 0 Å². The zero-order chi connectivity index (χ0) is 20.8. The van der Waals surface area contributed by atoms with Crippen molar-refractivity contribution in [2.24, 2.45) is 0 Å². The molecule has 148 valence electrons. The van der Waals surface area contributed by atoms with Gasteiger partial charge < -0.3 is 10.1 Å². The van der Waals surface area contributed by atoms with E-state index >= 15 is 0 Å². The summed E-state index contributed by atoms with van der Waals surface area (Å²) in [6.45, 7) is 5.15. The number of ether oxygens (including phenoxy) is 1. The standard InChI is InChI=1S/C21H21F2NO4/c1-12-8-14(3)17(9-13(12)2)19(25)11-28-20(26)6-7-24-21(27)16-5-4-15(22)10-18(16)23/h4-5,8-10H,6-7,11H2,1-3H3,(H,24,27). The van der Waals surface area contributed by atoms with E-state index in [2.05, 4.69) is 5.32 Å². The van der Waals surface area contributed by atoms with Crippen molar-refractivity contribution >= 4 is 17.7 Å². The largest absolute Gasteiger partial charge is 0.457 e. The van der Waals surface area contributed by atoms with Gasteiger partial charge in [-0.25, -0.2) is 8.78 Å². The van der Waals surface area contributed by atoms with Crippen molar-refractivity contribution in [3.63, 3.8) is 0 Å². The van der Waals surface area contributed by atoms with Crippen LogP contribution in [0.5, 0.6) is 0 Å². The Hall–Kier alpha value is -3.09. The maximum atomic E-state index is 13.5. The van der Waals surface area contributed by atoms with Gasteiger partial charge in [0.05, 0.1) is 12.0 Å². The Morgan fingerprint density at radius 3 is 2.29 bits per heavy atom. The number of carbonyl (C=O) groups is 3. The minimum atomic E-state index is -0.991. The second-order valence-electron chi connectivity index (χ2n) is 6.47.